The summed E-state index contributed by atoms with van der Waals surface area (Å²) in [4.78, 5) is 24.8. The highest BCUT2D eigenvalue weighted by Gasteiger charge is 2.56. The number of morpholine rings is 1. The summed E-state index contributed by atoms with van der Waals surface area (Å²) < 4.78 is 34.8. The normalized spacial score (nSPS) is 24.8. The van der Waals surface area contributed by atoms with Gasteiger partial charge in [0.15, 0.2) is 0 Å². The number of rotatable bonds is 9. The number of likely N-dealkylation sites (tertiary alicyclic amines) is 1. The third kappa shape index (κ3) is 5.94. The fourth-order valence-electron chi connectivity index (χ4n) is 6.82. The highest BCUT2D eigenvalue weighted by Crippen LogP contribution is 2.54. The van der Waals surface area contributed by atoms with E-state index >= 15 is 0 Å². The number of anilines is 4. The number of aliphatic hydroxyl groups excluding tert-OH is 1. The van der Waals surface area contributed by atoms with Crippen LogP contribution in [0.1, 0.15) is 55.8 Å². The molecular weight excluding hydrogens is 568 g/mol. The number of sulfonamides is 1. The van der Waals surface area contributed by atoms with E-state index in [1.807, 2.05) is 30.0 Å². The second-order valence-electron chi connectivity index (χ2n) is 13.3. The second kappa shape index (κ2) is 10.9. The number of nitrogens with zero attached hydrogens (tertiary/aromatic N) is 4. The standard InChI is InChI=1S/C31H42N6O5S/c1-22-18-37(15-16-42-22)28-4-2-3-27(32-28)33-29(39)25-6-5-23(17-26(25)36-13-11-30(7-8-30)12-14-36)34-43(40,41)31(9-10-31)21-35-19-24(38)20-35/h2-6,17,22,24,34,38H,7-16,18-21H2,1H3,(H,32,33,39)/t22-/m1/s1. The molecular formula is C31H42N6O5S. The quantitative estimate of drug-likeness (QED) is 0.393. The van der Waals surface area contributed by atoms with E-state index in [1.165, 1.54) is 12.8 Å². The lowest BCUT2D eigenvalue weighted by Gasteiger charge is -2.38. The Morgan fingerprint density at radius 3 is 2.47 bits per heavy atom. The van der Waals surface area contributed by atoms with Gasteiger partial charge in [0.2, 0.25) is 10.0 Å². The van der Waals surface area contributed by atoms with Gasteiger partial charge in [-0.15, -0.1) is 0 Å². The average molecular weight is 611 g/mol. The molecule has 1 aromatic carbocycles. The Hall–Kier alpha value is -2.93. The Balaban J connectivity index is 1.11. The SMILES string of the molecule is C[C@@H]1CN(c2cccc(NC(=O)c3ccc(NS(=O)(=O)C4(CN5CC(O)C5)CC4)cc3N3CCC4(CC3)CC4)n2)CCO1. The van der Waals surface area contributed by atoms with Crippen LogP contribution in [-0.4, -0.2) is 98.7 Å². The van der Waals surface area contributed by atoms with Gasteiger partial charge < -0.3 is 25.0 Å². The van der Waals surface area contributed by atoms with Gasteiger partial charge in [-0.25, -0.2) is 13.4 Å². The number of β-amino-alcohol motifs (C(OH)–C–C–N with tert-alkyl or cyclic N) is 1. The van der Waals surface area contributed by atoms with Crippen molar-refractivity contribution in [1.82, 2.24) is 9.88 Å². The molecule has 3 saturated heterocycles. The molecule has 5 fully saturated rings. The van der Waals surface area contributed by atoms with Crippen molar-refractivity contribution in [3.8, 4) is 0 Å². The lowest BCUT2D eigenvalue weighted by atomic mass is 9.93. The van der Waals surface area contributed by atoms with Crippen LogP contribution in [0.15, 0.2) is 36.4 Å². The first-order valence-corrected chi connectivity index (χ1v) is 17.1. The van der Waals surface area contributed by atoms with Gasteiger partial charge in [-0.1, -0.05) is 6.07 Å². The topological polar surface area (TPSA) is 127 Å². The van der Waals surface area contributed by atoms with Crippen molar-refractivity contribution in [2.45, 2.75) is 62.4 Å². The number of nitrogens with one attached hydrogen (secondary N) is 2. The average Bonchev–Trinajstić information content (AvgIpc) is 3.91. The summed E-state index contributed by atoms with van der Waals surface area (Å²) in [5, 5.41) is 12.7. The molecule has 2 aliphatic carbocycles. The lowest BCUT2D eigenvalue weighted by Crippen LogP contribution is -2.55. The first-order valence-electron chi connectivity index (χ1n) is 15.6. The summed E-state index contributed by atoms with van der Waals surface area (Å²) in [7, 11) is -3.66. The van der Waals surface area contributed by atoms with Crippen molar-refractivity contribution in [1.29, 1.82) is 0 Å². The molecule has 1 atom stereocenters. The van der Waals surface area contributed by atoms with Crippen molar-refractivity contribution >= 4 is 38.9 Å². The lowest BCUT2D eigenvalue weighted by molar-refractivity contribution is 0.00125. The maximum atomic E-state index is 13.7. The van der Waals surface area contributed by atoms with Crippen LogP contribution in [0.3, 0.4) is 0 Å². The molecule has 5 aliphatic rings. The number of amides is 1. The number of aliphatic hydroxyl groups is 1. The molecule has 4 heterocycles. The molecule has 1 aromatic heterocycles. The fourth-order valence-corrected chi connectivity index (χ4v) is 8.47. The zero-order valence-corrected chi connectivity index (χ0v) is 25.6. The molecule has 2 saturated carbocycles. The van der Waals surface area contributed by atoms with Gasteiger partial charge in [-0.3, -0.25) is 14.4 Å². The van der Waals surface area contributed by atoms with E-state index < -0.39 is 14.8 Å². The van der Waals surface area contributed by atoms with E-state index in [-0.39, 0.29) is 18.1 Å². The maximum Gasteiger partial charge on any atom is 0.258 e. The first-order chi connectivity index (χ1) is 20.6. The van der Waals surface area contributed by atoms with Crippen LogP contribution in [0.25, 0.3) is 0 Å². The van der Waals surface area contributed by atoms with Gasteiger partial charge in [-0.05, 0) is 81.2 Å². The molecule has 0 bridgehead atoms. The highest BCUT2D eigenvalue weighted by molar-refractivity contribution is 7.94. The Morgan fingerprint density at radius 2 is 1.79 bits per heavy atom. The Kier molecular flexibility index (Phi) is 7.31. The molecule has 232 valence electrons. The van der Waals surface area contributed by atoms with Crippen LogP contribution in [0.2, 0.25) is 0 Å². The van der Waals surface area contributed by atoms with Gasteiger partial charge >= 0.3 is 0 Å². The zero-order chi connectivity index (χ0) is 29.8. The third-order valence-corrected chi connectivity index (χ3v) is 12.2. The third-order valence-electron chi connectivity index (χ3n) is 9.98. The Bertz CT molecular complexity index is 1480. The minimum atomic E-state index is -3.66. The number of benzene rings is 1. The molecule has 2 aromatic rings. The van der Waals surface area contributed by atoms with E-state index in [9.17, 15) is 18.3 Å². The molecule has 0 unspecified atom stereocenters. The summed E-state index contributed by atoms with van der Waals surface area (Å²) in [5.41, 5.74) is 2.16. The van der Waals surface area contributed by atoms with Crippen molar-refractivity contribution in [3.63, 3.8) is 0 Å². The van der Waals surface area contributed by atoms with E-state index in [2.05, 4.69) is 19.8 Å². The van der Waals surface area contributed by atoms with Gasteiger partial charge in [-0.2, -0.15) is 0 Å². The Morgan fingerprint density at radius 1 is 1.02 bits per heavy atom. The van der Waals surface area contributed by atoms with Gasteiger partial charge in [0, 0.05) is 45.8 Å². The Labute approximate surface area is 253 Å². The van der Waals surface area contributed by atoms with Crippen LogP contribution >= 0.6 is 0 Å². The maximum absolute atomic E-state index is 13.7. The highest BCUT2D eigenvalue weighted by atomic mass is 32.2. The van der Waals surface area contributed by atoms with Crippen LogP contribution in [0.5, 0.6) is 0 Å². The number of carbonyl (C=O) groups excluding carboxylic acids is 1. The van der Waals surface area contributed by atoms with Crippen molar-refractivity contribution in [2.24, 2.45) is 5.41 Å². The van der Waals surface area contributed by atoms with Crippen LogP contribution in [0.4, 0.5) is 23.0 Å². The fraction of sp³-hybridized carbons (Fsp3) is 0.613. The number of piperidine rings is 1. The van der Waals surface area contributed by atoms with Gasteiger partial charge in [0.1, 0.15) is 16.4 Å². The van der Waals surface area contributed by atoms with Crippen molar-refractivity contribution < 1.29 is 23.1 Å². The minimum absolute atomic E-state index is 0.116. The van der Waals surface area contributed by atoms with Crippen LogP contribution < -0.4 is 19.8 Å². The van der Waals surface area contributed by atoms with Crippen molar-refractivity contribution in [2.75, 3.05) is 72.3 Å². The molecule has 1 amide bonds. The number of hydrogen-bond donors (Lipinski definition) is 3. The summed E-state index contributed by atoms with van der Waals surface area (Å²) in [6.45, 7) is 7.29. The number of aromatic nitrogens is 1. The summed E-state index contributed by atoms with van der Waals surface area (Å²) >= 11 is 0. The largest absolute Gasteiger partial charge is 0.390 e. The molecule has 3 aliphatic heterocycles. The smallest absolute Gasteiger partial charge is 0.258 e. The van der Waals surface area contributed by atoms with E-state index in [0.29, 0.717) is 61.6 Å². The predicted molar refractivity (Wildman–Crippen MR) is 166 cm³/mol. The summed E-state index contributed by atoms with van der Waals surface area (Å²) in [5.74, 6) is 0.997. The zero-order valence-electron chi connectivity index (χ0n) is 24.8. The van der Waals surface area contributed by atoms with E-state index in [0.717, 1.165) is 50.5 Å². The first kappa shape index (κ1) is 28.8. The number of carbonyl (C=O) groups is 1. The summed E-state index contributed by atoms with van der Waals surface area (Å²) in [6, 6.07) is 10.9. The monoisotopic (exact) mass is 610 g/mol. The second-order valence-corrected chi connectivity index (χ2v) is 15.4. The molecule has 12 heteroatoms. The van der Waals surface area contributed by atoms with E-state index in [4.69, 9.17) is 9.72 Å². The predicted octanol–water partition coefficient (Wildman–Crippen LogP) is 2.89. The van der Waals surface area contributed by atoms with E-state index in [1.54, 1.807) is 18.2 Å². The minimum Gasteiger partial charge on any atom is -0.390 e. The molecule has 7 rings (SSSR count). The van der Waals surface area contributed by atoms with Crippen molar-refractivity contribution in [3.05, 3.63) is 42.0 Å². The molecule has 11 nitrogen and oxygen atoms in total. The summed E-state index contributed by atoms with van der Waals surface area (Å²) in [6.07, 6.45) is 5.66. The molecule has 43 heavy (non-hydrogen) atoms. The van der Waals surface area contributed by atoms with Gasteiger partial charge in [0.25, 0.3) is 5.91 Å². The number of hydrogen-bond acceptors (Lipinski definition) is 9. The molecule has 3 N–H and O–H groups in total. The number of ether oxygens (including phenoxy) is 1. The molecule has 0 radical (unpaired) electrons. The van der Waals surface area contributed by atoms with Gasteiger partial charge in [0.05, 0.1) is 35.8 Å². The van der Waals surface area contributed by atoms with Crippen LogP contribution in [0, 0.1) is 5.41 Å². The number of pyridine rings is 1. The molecule has 1 spiro atoms. The van der Waals surface area contributed by atoms with Crippen LogP contribution in [-0.2, 0) is 14.8 Å².